The van der Waals surface area contributed by atoms with Gasteiger partial charge in [-0.1, -0.05) is 12.1 Å². The number of aliphatic carboxylic acids is 1. The maximum atomic E-state index is 11.6. The van der Waals surface area contributed by atoms with Crippen LogP contribution in [-0.2, 0) is 9.59 Å². The number of amides is 1. The molecular weight excluding hydrogens is 306 g/mol. The number of imidazole rings is 1. The molecule has 1 aromatic carbocycles. The molecule has 24 heavy (non-hydrogen) atoms. The van der Waals surface area contributed by atoms with Gasteiger partial charge in [-0.05, 0) is 42.8 Å². The number of carboxylic acids is 1. The van der Waals surface area contributed by atoms with Crippen molar-refractivity contribution in [2.75, 3.05) is 5.32 Å². The zero-order valence-corrected chi connectivity index (χ0v) is 12.9. The van der Waals surface area contributed by atoms with Gasteiger partial charge in [0.2, 0.25) is 5.91 Å². The van der Waals surface area contributed by atoms with Crippen molar-refractivity contribution in [3.05, 3.63) is 66.5 Å². The second-order valence-electron chi connectivity index (χ2n) is 5.32. The third-order valence-electron chi connectivity index (χ3n) is 3.41. The van der Waals surface area contributed by atoms with Crippen LogP contribution in [0.25, 0.3) is 16.9 Å². The number of carbonyl (C=O) groups excluding carboxylic acids is 2. The van der Waals surface area contributed by atoms with Gasteiger partial charge in [0.1, 0.15) is 5.65 Å². The summed E-state index contributed by atoms with van der Waals surface area (Å²) in [5.41, 5.74) is 4.14. The van der Waals surface area contributed by atoms with E-state index < -0.39 is 11.9 Å². The molecule has 2 heterocycles. The Morgan fingerprint density at radius 2 is 2.04 bits per heavy atom. The largest absolute Gasteiger partial charge is 0.545 e. The van der Waals surface area contributed by atoms with E-state index in [9.17, 15) is 14.7 Å². The second kappa shape index (κ2) is 6.37. The van der Waals surface area contributed by atoms with Crippen molar-refractivity contribution in [1.82, 2.24) is 9.38 Å². The molecule has 0 unspecified atom stereocenters. The van der Waals surface area contributed by atoms with Crippen LogP contribution in [0, 0.1) is 6.92 Å². The number of carbonyl (C=O) groups is 2. The number of benzene rings is 1. The minimum Gasteiger partial charge on any atom is -0.545 e. The summed E-state index contributed by atoms with van der Waals surface area (Å²) >= 11 is 0. The standard InChI is InChI=1S/C18H15N3O3/c1-12-7-8-21-11-15(20-16(21)9-12)13-3-2-4-14(10-13)19-17(22)5-6-18(23)24/h2-11H,1H3,(H,19,22)(H,23,24)/p-1. The Balaban J connectivity index is 1.86. The molecule has 0 fully saturated rings. The minimum absolute atomic E-state index is 0.540. The molecule has 1 amide bonds. The van der Waals surface area contributed by atoms with Crippen LogP contribution in [-0.4, -0.2) is 21.3 Å². The van der Waals surface area contributed by atoms with E-state index in [-0.39, 0.29) is 0 Å². The molecule has 0 saturated heterocycles. The lowest BCUT2D eigenvalue weighted by Gasteiger charge is -2.04. The van der Waals surface area contributed by atoms with Crippen molar-refractivity contribution < 1.29 is 14.7 Å². The summed E-state index contributed by atoms with van der Waals surface area (Å²) in [6, 6.07) is 11.2. The molecule has 120 valence electrons. The van der Waals surface area contributed by atoms with Gasteiger partial charge in [0.25, 0.3) is 0 Å². The van der Waals surface area contributed by atoms with E-state index >= 15 is 0 Å². The van der Waals surface area contributed by atoms with Gasteiger partial charge in [-0.2, -0.15) is 0 Å². The number of carboxylic acid groups (broad SMARTS) is 1. The highest BCUT2D eigenvalue weighted by Gasteiger charge is 2.06. The number of aryl methyl sites for hydroxylation is 1. The molecule has 2 aromatic heterocycles. The van der Waals surface area contributed by atoms with Gasteiger partial charge >= 0.3 is 0 Å². The Bertz CT molecular complexity index is 957. The average molecular weight is 320 g/mol. The maximum absolute atomic E-state index is 11.6. The first-order valence-electron chi connectivity index (χ1n) is 7.27. The predicted molar refractivity (Wildman–Crippen MR) is 88.1 cm³/mol. The fourth-order valence-electron chi connectivity index (χ4n) is 2.31. The number of nitrogens with one attached hydrogen (secondary N) is 1. The molecule has 3 aromatic rings. The van der Waals surface area contributed by atoms with E-state index in [0.29, 0.717) is 11.8 Å². The summed E-state index contributed by atoms with van der Waals surface area (Å²) in [4.78, 5) is 26.5. The van der Waals surface area contributed by atoms with Crippen molar-refractivity contribution >= 4 is 23.2 Å². The molecule has 0 saturated carbocycles. The SMILES string of the molecule is Cc1ccn2cc(-c3cccc(NC(=O)C=CC(=O)[O-])c3)nc2c1. The first kappa shape index (κ1) is 15.5. The fourth-order valence-corrected chi connectivity index (χ4v) is 2.31. The van der Waals surface area contributed by atoms with E-state index in [1.165, 1.54) is 0 Å². The van der Waals surface area contributed by atoms with Crippen LogP contribution in [0.15, 0.2) is 60.9 Å². The van der Waals surface area contributed by atoms with Crippen LogP contribution in [0.2, 0.25) is 0 Å². The molecular formula is C18H14N3O3-. The first-order valence-corrected chi connectivity index (χ1v) is 7.27. The van der Waals surface area contributed by atoms with E-state index in [4.69, 9.17) is 0 Å². The van der Waals surface area contributed by atoms with Gasteiger partial charge in [-0.25, -0.2) is 4.98 Å². The van der Waals surface area contributed by atoms with Crippen LogP contribution in [0.5, 0.6) is 0 Å². The number of anilines is 1. The fraction of sp³-hybridized carbons (Fsp3) is 0.0556. The third-order valence-corrected chi connectivity index (χ3v) is 3.41. The topological polar surface area (TPSA) is 86.5 Å². The van der Waals surface area contributed by atoms with Crippen LogP contribution >= 0.6 is 0 Å². The lowest BCUT2D eigenvalue weighted by Crippen LogP contribution is -2.20. The van der Waals surface area contributed by atoms with Crippen LogP contribution in [0.3, 0.4) is 0 Å². The van der Waals surface area contributed by atoms with E-state index in [1.807, 2.05) is 41.9 Å². The Morgan fingerprint density at radius 3 is 2.83 bits per heavy atom. The lowest BCUT2D eigenvalue weighted by molar-refractivity contribution is -0.297. The molecule has 3 rings (SSSR count). The van der Waals surface area contributed by atoms with Crippen LogP contribution < -0.4 is 10.4 Å². The molecule has 0 aliphatic rings. The Hall–Kier alpha value is -3.41. The third kappa shape index (κ3) is 3.49. The highest BCUT2D eigenvalue weighted by Crippen LogP contribution is 2.22. The van der Waals surface area contributed by atoms with Crippen molar-refractivity contribution in [2.24, 2.45) is 0 Å². The maximum Gasteiger partial charge on any atom is 0.248 e. The summed E-state index contributed by atoms with van der Waals surface area (Å²) in [5.74, 6) is -1.96. The van der Waals surface area contributed by atoms with Crippen LogP contribution in [0.4, 0.5) is 5.69 Å². The van der Waals surface area contributed by atoms with Crippen molar-refractivity contribution in [1.29, 1.82) is 0 Å². The first-order chi connectivity index (χ1) is 11.5. The molecule has 0 aliphatic carbocycles. The summed E-state index contributed by atoms with van der Waals surface area (Å²) < 4.78 is 1.93. The molecule has 0 aliphatic heterocycles. The summed E-state index contributed by atoms with van der Waals surface area (Å²) in [5, 5.41) is 12.9. The van der Waals surface area contributed by atoms with E-state index in [2.05, 4.69) is 10.3 Å². The zero-order chi connectivity index (χ0) is 17.1. The number of hydrogen-bond acceptors (Lipinski definition) is 4. The number of pyridine rings is 1. The summed E-state index contributed by atoms with van der Waals surface area (Å²) in [6.07, 6.45) is 5.45. The van der Waals surface area contributed by atoms with Gasteiger partial charge in [-0.15, -0.1) is 0 Å². The average Bonchev–Trinajstić information content (AvgIpc) is 2.96. The van der Waals surface area contributed by atoms with Gasteiger partial charge in [0.15, 0.2) is 0 Å². The molecule has 0 bridgehead atoms. The number of aromatic nitrogens is 2. The molecule has 0 spiro atoms. The normalized spacial score (nSPS) is 11.0. The zero-order valence-electron chi connectivity index (χ0n) is 12.9. The predicted octanol–water partition coefficient (Wildman–Crippen LogP) is 1.55. The minimum atomic E-state index is -1.42. The summed E-state index contributed by atoms with van der Waals surface area (Å²) in [6.45, 7) is 2.00. The van der Waals surface area contributed by atoms with Gasteiger partial charge < -0.3 is 19.6 Å². The second-order valence-corrected chi connectivity index (χ2v) is 5.32. The monoisotopic (exact) mass is 320 g/mol. The Morgan fingerprint density at radius 1 is 1.21 bits per heavy atom. The number of nitrogens with zero attached hydrogens (tertiary/aromatic N) is 2. The van der Waals surface area contributed by atoms with Crippen LogP contribution in [0.1, 0.15) is 5.56 Å². The molecule has 1 N–H and O–H groups in total. The van der Waals surface area contributed by atoms with Crippen molar-refractivity contribution in [2.45, 2.75) is 6.92 Å². The van der Waals surface area contributed by atoms with Gasteiger partial charge in [-0.3, -0.25) is 4.79 Å². The summed E-state index contributed by atoms with van der Waals surface area (Å²) in [7, 11) is 0. The van der Waals surface area contributed by atoms with Gasteiger partial charge in [0, 0.05) is 29.7 Å². The van der Waals surface area contributed by atoms with Crippen molar-refractivity contribution in [3.8, 4) is 11.3 Å². The Labute approximate surface area is 138 Å². The molecule has 6 heteroatoms. The van der Waals surface area contributed by atoms with Crippen molar-refractivity contribution in [3.63, 3.8) is 0 Å². The highest BCUT2D eigenvalue weighted by molar-refractivity contribution is 6.02. The number of hydrogen-bond donors (Lipinski definition) is 1. The Kier molecular flexibility index (Phi) is 4.11. The lowest BCUT2D eigenvalue weighted by atomic mass is 10.1. The highest BCUT2D eigenvalue weighted by atomic mass is 16.4. The van der Waals surface area contributed by atoms with E-state index in [1.54, 1.807) is 18.2 Å². The number of rotatable bonds is 4. The molecule has 0 radical (unpaired) electrons. The van der Waals surface area contributed by atoms with E-state index in [0.717, 1.165) is 28.5 Å². The smallest absolute Gasteiger partial charge is 0.248 e. The molecule has 6 nitrogen and oxygen atoms in total. The van der Waals surface area contributed by atoms with Gasteiger partial charge in [0.05, 0.1) is 11.7 Å². The molecule has 0 atom stereocenters. The quantitative estimate of drug-likeness (QED) is 0.739. The number of fused-ring (bicyclic) bond motifs is 1.